The minimum absolute atomic E-state index is 0.200. The Kier molecular flexibility index (Phi) is 5.77. The van der Waals surface area contributed by atoms with Crippen molar-refractivity contribution in [2.45, 2.75) is 46.2 Å². The molecule has 7 heteroatoms. The van der Waals surface area contributed by atoms with Crippen LogP contribution in [0.2, 0.25) is 0 Å². The molecular weight excluding hydrogens is 238 g/mol. The largest absolute Gasteiger partial charge is 0.347 e. The molecule has 0 saturated heterocycles. The van der Waals surface area contributed by atoms with E-state index in [1.54, 1.807) is 20.8 Å². The Balaban J connectivity index is 4.32. The van der Waals surface area contributed by atoms with Crippen molar-refractivity contribution < 1.29 is 19.6 Å². The number of hydrogen-bond donors (Lipinski definition) is 3. The number of nitrogens with one attached hydrogen (secondary N) is 2. The van der Waals surface area contributed by atoms with Gasteiger partial charge in [-0.3, -0.25) is 19.6 Å². The summed E-state index contributed by atoms with van der Waals surface area (Å²) in [4.78, 5) is 33.7. The van der Waals surface area contributed by atoms with E-state index in [4.69, 9.17) is 0 Å². The van der Waals surface area contributed by atoms with E-state index in [0.29, 0.717) is 5.06 Å². The van der Waals surface area contributed by atoms with Gasteiger partial charge in [-0.15, -0.1) is 0 Å². The van der Waals surface area contributed by atoms with Gasteiger partial charge in [0.25, 0.3) is 5.91 Å². The van der Waals surface area contributed by atoms with Crippen LogP contribution in [-0.2, 0) is 14.4 Å². The number of hydroxylamine groups is 2. The molecule has 0 spiro atoms. The summed E-state index contributed by atoms with van der Waals surface area (Å²) < 4.78 is 0. The number of rotatable bonds is 4. The highest BCUT2D eigenvalue weighted by molar-refractivity contribution is 5.89. The first-order valence-electron chi connectivity index (χ1n) is 5.62. The molecule has 0 fully saturated rings. The van der Waals surface area contributed by atoms with Gasteiger partial charge < -0.3 is 10.6 Å². The number of amides is 3. The van der Waals surface area contributed by atoms with Crippen LogP contribution in [0, 0.1) is 0 Å². The average molecular weight is 259 g/mol. The Bertz CT molecular complexity index is 336. The second kappa shape index (κ2) is 6.34. The molecule has 7 nitrogen and oxygen atoms in total. The quantitative estimate of drug-likeness (QED) is 0.474. The Labute approximate surface area is 106 Å². The van der Waals surface area contributed by atoms with E-state index in [2.05, 4.69) is 10.6 Å². The van der Waals surface area contributed by atoms with Crippen molar-refractivity contribution in [3.05, 3.63) is 0 Å². The molecule has 0 aliphatic rings. The fourth-order valence-electron chi connectivity index (χ4n) is 1.07. The van der Waals surface area contributed by atoms with Crippen LogP contribution in [0.3, 0.4) is 0 Å². The molecule has 0 radical (unpaired) electrons. The molecule has 18 heavy (non-hydrogen) atoms. The van der Waals surface area contributed by atoms with E-state index >= 15 is 0 Å². The average Bonchev–Trinajstić information content (AvgIpc) is 2.22. The third-order valence-electron chi connectivity index (χ3n) is 2.09. The van der Waals surface area contributed by atoms with Gasteiger partial charge in [0.15, 0.2) is 0 Å². The van der Waals surface area contributed by atoms with Crippen molar-refractivity contribution in [1.82, 2.24) is 15.7 Å². The SMILES string of the molecule is CC(=O)NCC(=O)N[C@@H](C)C(=O)N(O)C(C)(C)C. The smallest absolute Gasteiger partial charge is 0.268 e. The normalized spacial score (nSPS) is 12.6. The molecule has 0 aliphatic heterocycles. The van der Waals surface area contributed by atoms with E-state index < -0.39 is 23.4 Å². The molecule has 0 saturated carbocycles. The second-order valence-corrected chi connectivity index (χ2v) is 5.02. The van der Waals surface area contributed by atoms with Crippen LogP contribution < -0.4 is 10.6 Å². The fraction of sp³-hybridized carbons (Fsp3) is 0.727. The topological polar surface area (TPSA) is 98.7 Å². The predicted octanol–water partition coefficient (Wildman–Crippen LogP) is -0.356. The highest BCUT2D eigenvalue weighted by Crippen LogP contribution is 2.11. The lowest BCUT2D eigenvalue weighted by atomic mass is 10.1. The lowest BCUT2D eigenvalue weighted by molar-refractivity contribution is -0.189. The molecule has 104 valence electrons. The summed E-state index contributed by atoms with van der Waals surface area (Å²) in [5.74, 6) is -1.44. The van der Waals surface area contributed by atoms with Gasteiger partial charge in [-0.25, -0.2) is 5.06 Å². The molecule has 0 rings (SSSR count). The maximum atomic E-state index is 11.7. The van der Waals surface area contributed by atoms with Crippen molar-refractivity contribution in [1.29, 1.82) is 0 Å². The minimum Gasteiger partial charge on any atom is -0.347 e. The number of hydrogen-bond acceptors (Lipinski definition) is 4. The number of carbonyl (C=O) groups is 3. The van der Waals surface area contributed by atoms with Gasteiger partial charge in [0.1, 0.15) is 6.04 Å². The second-order valence-electron chi connectivity index (χ2n) is 5.02. The third kappa shape index (κ3) is 5.62. The zero-order valence-electron chi connectivity index (χ0n) is 11.4. The van der Waals surface area contributed by atoms with Crippen LogP contribution in [-0.4, -0.2) is 46.1 Å². The maximum absolute atomic E-state index is 11.7. The van der Waals surface area contributed by atoms with E-state index in [-0.39, 0.29) is 12.5 Å². The number of carbonyl (C=O) groups excluding carboxylic acids is 3. The van der Waals surface area contributed by atoms with Crippen LogP contribution in [0.4, 0.5) is 0 Å². The molecule has 0 aromatic carbocycles. The van der Waals surface area contributed by atoms with Crippen molar-refractivity contribution in [2.24, 2.45) is 0 Å². The minimum atomic E-state index is -0.865. The van der Waals surface area contributed by atoms with Gasteiger partial charge in [-0.2, -0.15) is 0 Å². The van der Waals surface area contributed by atoms with Gasteiger partial charge in [0.05, 0.1) is 12.1 Å². The standard InChI is InChI=1S/C11H21N3O4/c1-7(10(17)14(18)11(3,4)5)13-9(16)6-12-8(2)15/h7,18H,6H2,1-5H3,(H,12,15)(H,13,16)/t7-/m0/s1. The molecule has 0 aromatic rings. The number of nitrogens with zero attached hydrogens (tertiary/aromatic N) is 1. The molecule has 0 bridgehead atoms. The Morgan fingerprint density at radius 2 is 1.78 bits per heavy atom. The first-order valence-corrected chi connectivity index (χ1v) is 5.62. The molecule has 3 amide bonds. The summed E-state index contributed by atoms with van der Waals surface area (Å²) in [6.45, 7) is 7.54. The van der Waals surface area contributed by atoms with E-state index in [1.165, 1.54) is 13.8 Å². The lowest BCUT2D eigenvalue weighted by Crippen LogP contribution is -2.53. The van der Waals surface area contributed by atoms with Gasteiger partial charge in [-0.05, 0) is 27.7 Å². The fourth-order valence-corrected chi connectivity index (χ4v) is 1.07. The summed E-state index contributed by atoms with van der Waals surface area (Å²) in [7, 11) is 0. The maximum Gasteiger partial charge on any atom is 0.268 e. The van der Waals surface area contributed by atoms with Crippen LogP contribution in [0.15, 0.2) is 0 Å². The van der Waals surface area contributed by atoms with Crippen molar-refractivity contribution >= 4 is 17.7 Å². The zero-order chi connectivity index (χ0) is 14.5. The van der Waals surface area contributed by atoms with E-state index in [1.807, 2.05) is 0 Å². The Hall–Kier alpha value is -1.63. The van der Waals surface area contributed by atoms with Crippen LogP contribution in [0.25, 0.3) is 0 Å². The van der Waals surface area contributed by atoms with Gasteiger partial charge in [0, 0.05) is 6.92 Å². The highest BCUT2D eigenvalue weighted by Gasteiger charge is 2.29. The van der Waals surface area contributed by atoms with Gasteiger partial charge in [-0.1, -0.05) is 0 Å². The van der Waals surface area contributed by atoms with Crippen molar-refractivity contribution in [3.8, 4) is 0 Å². The monoisotopic (exact) mass is 259 g/mol. The molecule has 3 N–H and O–H groups in total. The van der Waals surface area contributed by atoms with Crippen molar-refractivity contribution in [3.63, 3.8) is 0 Å². The third-order valence-corrected chi connectivity index (χ3v) is 2.09. The first-order chi connectivity index (χ1) is 8.05. The molecule has 0 aliphatic carbocycles. The van der Waals surface area contributed by atoms with Crippen molar-refractivity contribution in [2.75, 3.05) is 6.54 Å². The highest BCUT2D eigenvalue weighted by atomic mass is 16.5. The van der Waals surface area contributed by atoms with Gasteiger partial charge in [0.2, 0.25) is 11.8 Å². The molecule has 1 atom stereocenters. The Morgan fingerprint density at radius 1 is 1.28 bits per heavy atom. The first kappa shape index (κ1) is 16.4. The van der Waals surface area contributed by atoms with E-state index in [9.17, 15) is 19.6 Å². The molecule has 0 heterocycles. The van der Waals surface area contributed by atoms with Crippen LogP contribution in [0.1, 0.15) is 34.6 Å². The summed E-state index contributed by atoms with van der Waals surface area (Å²) >= 11 is 0. The zero-order valence-corrected chi connectivity index (χ0v) is 11.4. The van der Waals surface area contributed by atoms with Crippen LogP contribution >= 0.6 is 0 Å². The van der Waals surface area contributed by atoms with E-state index in [0.717, 1.165) is 0 Å². The van der Waals surface area contributed by atoms with Gasteiger partial charge >= 0.3 is 0 Å². The summed E-state index contributed by atoms with van der Waals surface area (Å²) in [5.41, 5.74) is -0.742. The Morgan fingerprint density at radius 3 is 2.17 bits per heavy atom. The lowest BCUT2D eigenvalue weighted by Gasteiger charge is -2.31. The summed E-state index contributed by atoms with van der Waals surface area (Å²) in [5, 5.41) is 14.9. The molecular formula is C11H21N3O4. The summed E-state index contributed by atoms with van der Waals surface area (Å²) in [6.07, 6.45) is 0. The van der Waals surface area contributed by atoms with Crippen LogP contribution in [0.5, 0.6) is 0 Å². The summed E-state index contributed by atoms with van der Waals surface area (Å²) in [6, 6.07) is -0.865. The molecule has 0 aromatic heterocycles. The predicted molar refractivity (Wildman–Crippen MR) is 64.7 cm³/mol. The molecule has 0 unspecified atom stereocenters.